The Morgan fingerprint density at radius 3 is 2.58 bits per heavy atom. The highest BCUT2D eigenvalue weighted by Gasteiger charge is 2.25. The number of aromatic nitrogens is 5. The molecule has 5 aromatic rings. The van der Waals surface area contributed by atoms with Gasteiger partial charge in [0.1, 0.15) is 5.69 Å². The number of carbonyl (C=O) groups excluding carboxylic acids is 2. The number of nitrogen functional groups attached to an aromatic ring is 1. The first-order valence-corrected chi connectivity index (χ1v) is 12.4. The molecule has 43 heavy (non-hydrogen) atoms. The largest absolute Gasteiger partial charge is 0.493 e. The van der Waals surface area contributed by atoms with E-state index in [4.69, 9.17) is 15.2 Å². The van der Waals surface area contributed by atoms with Crippen molar-refractivity contribution in [3.05, 3.63) is 99.2 Å². The van der Waals surface area contributed by atoms with Crippen LogP contribution in [0.2, 0.25) is 0 Å². The van der Waals surface area contributed by atoms with Crippen LogP contribution in [0.4, 0.5) is 11.5 Å². The molecule has 0 atom stereocenters. The molecule has 216 valence electrons. The molecule has 0 unspecified atom stereocenters. The number of nitrogens with zero attached hydrogens (tertiary/aromatic N) is 7. The monoisotopic (exact) mass is 583 g/mol. The van der Waals surface area contributed by atoms with Crippen LogP contribution in [0.25, 0.3) is 17.1 Å². The van der Waals surface area contributed by atoms with E-state index < -0.39 is 16.8 Å². The van der Waals surface area contributed by atoms with Crippen molar-refractivity contribution in [2.75, 3.05) is 12.8 Å². The summed E-state index contributed by atoms with van der Waals surface area (Å²) in [5, 5.41) is 30.5. The van der Waals surface area contributed by atoms with Gasteiger partial charge in [-0.15, -0.1) is 5.10 Å². The summed E-state index contributed by atoms with van der Waals surface area (Å²) in [7, 11) is 1.37. The lowest BCUT2D eigenvalue weighted by molar-refractivity contribution is -0.385. The molecule has 0 radical (unpaired) electrons. The van der Waals surface area contributed by atoms with Crippen LogP contribution in [0.3, 0.4) is 0 Å². The Kier molecular flexibility index (Phi) is 7.82. The number of hydrogen-bond acceptors (Lipinski definition) is 13. The van der Waals surface area contributed by atoms with Gasteiger partial charge in [0, 0.05) is 17.2 Å². The summed E-state index contributed by atoms with van der Waals surface area (Å²) in [6.07, 6.45) is 1.34. The van der Waals surface area contributed by atoms with Gasteiger partial charge in [0.2, 0.25) is 11.6 Å². The van der Waals surface area contributed by atoms with E-state index >= 15 is 0 Å². The Hall–Kier alpha value is -6.45. The predicted molar refractivity (Wildman–Crippen MR) is 150 cm³/mol. The highest BCUT2D eigenvalue weighted by Crippen LogP contribution is 2.30. The summed E-state index contributed by atoms with van der Waals surface area (Å²) in [6.45, 7) is 1.46. The Morgan fingerprint density at radius 2 is 1.88 bits per heavy atom. The number of nitrogens with one attached hydrogen (secondary N) is 1. The molecule has 16 nitrogen and oxygen atoms in total. The second-order valence-electron chi connectivity index (χ2n) is 8.74. The van der Waals surface area contributed by atoms with Crippen molar-refractivity contribution >= 4 is 29.6 Å². The maximum atomic E-state index is 13.1. The van der Waals surface area contributed by atoms with E-state index in [1.807, 2.05) is 6.07 Å². The van der Waals surface area contributed by atoms with E-state index in [-0.39, 0.29) is 51.3 Å². The van der Waals surface area contributed by atoms with Gasteiger partial charge in [0.05, 0.1) is 23.8 Å². The molecule has 2 aromatic heterocycles. The van der Waals surface area contributed by atoms with Crippen LogP contribution in [-0.4, -0.2) is 55.4 Å². The number of amides is 1. The zero-order valence-corrected chi connectivity index (χ0v) is 22.5. The zero-order chi connectivity index (χ0) is 30.5. The number of nitro benzene ring substituents is 1. The van der Waals surface area contributed by atoms with Gasteiger partial charge >= 0.3 is 5.97 Å². The minimum absolute atomic E-state index is 0.0407. The number of carbonyl (C=O) groups is 2. The maximum Gasteiger partial charge on any atom is 0.344 e. The zero-order valence-electron chi connectivity index (χ0n) is 22.5. The first-order valence-electron chi connectivity index (χ1n) is 12.4. The fourth-order valence-electron chi connectivity index (χ4n) is 4.04. The Bertz CT molecular complexity index is 1870. The van der Waals surface area contributed by atoms with Crippen LogP contribution >= 0.6 is 0 Å². The third-order valence-corrected chi connectivity index (χ3v) is 6.12. The third-order valence-electron chi connectivity index (χ3n) is 6.12. The molecule has 0 aliphatic heterocycles. The van der Waals surface area contributed by atoms with E-state index in [2.05, 4.69) is 35.8 Å². The molecule has 3 N–H and O–H groups in total. The molecule has 5 rings (SSSR count). The summed E-state index contributed by atoms with van der Waals surface area (Å²) in [4.78, 5) is 36.5. The van der Waals surface area contributed by atoms with E-state index in [1.54, 1.807) is 30.3 Å². The first-order chi connectivity index (χ1) is 20.8. The topological polar surface area (TPSA) is 216 Å². The van der Waals surface area contributed by atoms with Crippen molar-refractivity contribution in [1.29, 1.82) is 0 Å². The van der Waals surface area contributed by atoms with Gasteiger partial charge in [-0.3, -0.25) is 14.9 Å². The SMILES string of the molecule is COc1cc(/C=N/NC(=O)c2nnn(-c3nonc3N)c2-c2ccccc2)ccc1OC(=O)c1cccc([N+](=O)[O-])c1C. The van der Waals surface area contributed by atoms with Crippen molar-refractivity contribution in [3.63, 3.8) is 0 Å². The Balaban J connectivity index is 1.34. The number of nitrogens with two attached hydrogens (primary N) is 1. The smallest absolute Gasteiger partial charge is 0.344 e. The highest BCUT2D eigenvalue weighted by molar-refractivity contribution is 5.99. The number of nitro groups is 1. The molecular weight excluding hydrogens is 562 g/mol. The molecule has 16 heteroatoms. The second-order valence-corrected chi connectivity index (χ2v) is 8.74. The normalized spacial score (nSPS) is 10.9. The lowest BCUT2D eigenvalue weighted by Crippen LogP contribution is -2.19. The van der Waals surface area contributed by atoms with Gasteiger partial charge in [-0.2, -0.15) is 9.78 Å². The fraction of sp³-hybridized carbons (Fsp3) is 0.0741. The average Bonchev–Trinajstić information content (AvgIpc) is 3.64. The summed E-state index contributed by atoms with van der Waals surface area (Å²) < 4.78 is 16.7. The van der Waals surface area contributed by atoms with Crippen molar-refractivity contribution in [1.82, 2.24) is 30.7 Å². The Morgan fingerprint density at radius 1 is 1.09 bits per heavy atom. The number of hydrazone groups is 1. The fourth-order valence-corrected chi connectivity index (χ4v) is 4.04. The van der Waals surface area contributed by atoms with E-state index in [9.17, 15) is 19.7 Å². The summed E-state index contributed by atoms with van der Waals surface area (Å²) in [5.74, 6) is -1.21. The molecule has 3 aromatic carbocycles. The number of rotatable bonds is 9. The van der Waals surface area contributed by atoms with Crippen LogP contribution in [0, 0.1) is 17.0 Å². The van der Waals surface area contributed by atoms with Crippen LogP contribution < -0.4 is 20.6 Å². The average molecular weight is 584 g/mol. The minimum atomic E-state index is -0.793. The maximum absolute atomic E-state index is 13.1. The summed E-state index contributed by atoms with van der Waals surface area (Å²) >= 11 is 0. The number of esters is 1. The van der Waals surface area contributed by atoms with Crippen LogP contribution in [0.1, 0.15) is 32.0 Å². The number of ether oxygens (including phenoxy) is 2. The molecule has 0 saturated carbocycles. The number of hydrogen-bond donors (Lipinski definition) is 2. The standard InChI is InChI=1S/C27H21N9O7/c1-15-18(9-6-10-19(15)36(39)40)27(38)42-20-12-11-16(13-21(20)41-2)14-29-31-26(37)22-23(17-7-4-3-5-8-17)35(34-30-22)25-24(28)32-43-33-25/h3-14H,1-2H3,(H2,28,32)(H,31,37)/b29-14+. The van der Waals surface area contributed by atoms with E-state index in [1.165, 1.54) is 55.3 Å². The molecule has 0 spiro atoms. The van der Waals surface area contributed by atoms with Crippen molar-refractivity contribution in [2.24, 2.45) is 5.10 Å². The first kappa shape index (κ1) is 28.1. The van der Waals surface area contributed by atoms with Crippen LogP contribution in [-0.2, 0) is 0 Å². The Labute approximate surface area is 241 Å². The number of benzene rings is 3. The summed E-state index contributed by atoms with van der Waals surface area (Å²) in [6, 6.07) is 17.5. The lowest BCUT2D eigenvalue weighted by atomic mass is 10.1. The molecule has 0 saturated heterocycles. The minimum Gasteiger partial charge on any atom is -0.493 e. The number of anilines is 1. The second kappa shape index (κ2) is 12.0. The van der Waals surface area contributed by atoms with Gasteiger partial charge < -0.3 is 15.2 Å². The van der Waals surface area contributed by atoms with E-state index in [0.717, 1.165) is 0 Å². The van der Waals surface area contributed by atoms with Crippen molar-refractivity contribution in [3.8, 4) is 28.6 Å². The molecule has 0 bridgehead atoms. The van der Waals surface area contributed by atoms with Crippen molar-refractivity contribution < 1.29 is 28.6 Å². The summed E-state index contributed by atoms with van der Waals surface area (Å²) in [5.41, 5.74) is 9.53. The number of methoxy groups -OCH3 is 1. The quantitative estimate of drug-likeness (QED) is 0.0841. The van der Waals surface area contributed by atoms with Gasteiger partial charge in [0.25, 0.3) is 11.6 Å². The van der Waals surface area contributed by atoms with Crippen LogP contribution in [0.15, 0.2) is 76.5 Å². The highest BCUT2D eigenvalue weighted by atomic mass is 16.6. The van der Waals surface area contributed by atoms with Crippen LogP contribution in [0.5, 0.6) is 11.5 Å². The molecular formula is C27H21N9O7. The van der Waals surface area contributed by atoms with Gasteiger partial charge in [-0.05, 0) is 47.1 Å². The lowest BCUT2D eigenvalue weighted by Gasteiger charge is -2.11. The molecule has 0 aliphatic carbocycles. The van der Waals surface area contributed by atoms with Gasteiger partial charge in [-0.1, -0.05) is 41.6 Å². The molecule has 0 fully saturated rings. The predicted octanol–water partition coefficient (Wildman–Crippen LogP) is 3.11. The molecule has 1 amide bonds. The molecule has 2 heterocycles. The van der Waals surface area contributed by atoms with E-state index in [0.29, 0.717) is 11.1 Å². The molecule has 0 aliphatic rings. The third kappa shape index (κ3) is 5.73. The van der Waals surface area contributed by atoms with Gasteiger partial charge in [0.15, 0.2) is 17.2 Å². The van der Waals surface area contributed by atoms with Gasteiger partial charge in [-0.25, -0.2) is 14.8 Å². The van der Waals surface area contributed by atoms with Crippen molar-refractivity contribution in [2.45, 2.75) is 6.92 Å².